The van der Waals surface area contributed by atoms with Crippen LogP contribution in [0.3, 0.4) is 0 Å². The van der Waals surface area contributed by atoms with Crippen LogP contribution in [0.1, 0.15) is 9.67 Å². The Bertz CT molecular complexity index is 394. The Kier molecular flexibility index (Phi) is 3.98. The average molecular weight is 256 g/mol. The number of likely N-dealkylation sites (N-methyl/N-ethyl adjacent to an activating group) is 1. The average Bonchev–Trinajstić information content (AvgIpc) is 2.72. The molecule has 1 unspecified atom stereocenters. The molecule has 17 heavy (non-hydrogen) atoms. The fraction of sp³-hybridized carbons (Fsp3) is 0.545. The number of nitrogens with zero attached hydrogens (tertiary/aromatic N) is 1. The van der Waals surface area contributed by atoms with Crippen LogP contribution in [0.25, 0.3) is 0 Å². The van der Waals surface area contributed by atoms with Crippen molar-refractivity contribution in [1.82, 2.24) is 4.90 Å². The van der Waals surface area contributed by atoms with Crippen LogP contribution < -0.4 is 5.73 Å². The zero-order valence-electron chi connectivity index (χ0n) is 9.72. The van der Waals surface area contributed by atoms with Crippen LogP contribution in [0.15, 0.2) is 11.4 Å². The van der Waals surface area contributed by atoms with E-state index in [1.807, 2.05) is 7.05 Å². The summed E-state index contributed by atoms with van der Waals surface area (Å²) in [6, 6.07) is 1.70. The Labute approximate surface area is 104 Å². The fourth-order valence-corrected chi connectivity index (χ4v) is 2.40. The zero-order valence-corrected chi connectivity index (χ0v) is 10.5. The number of rotatable bonds is 3. The molecule has 0 saturated carbocycles. The first-order valence-electron chi connectivity index (χ1n) is 5.47. The monoisotopic (exact) mass is 256 g/mol. The standard InChI is InChI=1S/C11H16N2O3S/c1-13-3-4-15-8(6-13)7-16-11(14)10-9(12)2-5-17-10/h2,5,8H,3-4,6-7,12H2,1H3. The number of morpholine rings is 1. The van der Waals surface area contributed by atoms with Gasteiger partial charge in [-0.3, -0.25) is 0 Å². The van der Waals surface area contributed by atoms with E-state index < -0.39 is 0 Å². The van der Waals surface area contributed by atoms with Gasteiger partial charge in [0.15, 0.2) is 0 Å². The predicted molar refractivity (Wildman–Crippen MR) is 66.3 cm³/mol. The quantitative estimate of drug-likeness (QED) is 0.811. The summed E-state index contributed by atoms with van der Waals surface area (Å²) in [6.45, 7) is 2.66. The highest BCUT2D eigenvalue weighted by atomic mass is 32.1. The molecule has 5 nitrogen and oxygen atoms in total. The van der Waals surface area contributed by atoms with Gasteiger partial charge in [-0.05, 0) is 18.5 Å². The highest BCUT2D eigenvalue weighted by Crippen LogP contribution is 2.19. The summed E-state index contributed by atoms with van der Waals surface area (Å²) in [5.74, 6) is -0.366. The number of hydrogen-bond acceptors (Lipinski definition) is 6. The molecular weight excluding hydrogens is 240 g/mol. The number of carbonyl (C=O) groups excluding carboxylic acids is 1. The van der Waals surface area contributed by atoms with Crippen molar-refractivity contribution in [3.05, 3.63) is 16.3 Å². The molecule has 0 aromatic carbocycles. The van der Waals surface area contributed by atoms with Gasteiger partial charge >= 0.3 is 5.97 Å². The summed E-state index contributed by atoms with van der Waals surface area (Å²) in [6.07, 6.45) is -0.0427. The van der Waals surface area contributed by atoms with Crippen molar-refractivity contribution in [3.8, 4) is 0 Å². The Morgan fingerprint density at radius 3 is 3.24 bits per heavy atom. The normalized spacial score (nSPS) is 21.4. The van der Waals surface area contributed by atoms with E-state index in [1.165, 1.54) is 11.3 Å². The molecule has 1 saturated heterocycles. The van der Waals surface area contributed by atoms with Crippen LogP contribution in [0.5, 0.6) is 0 Å². The van der Waals surface area contributed by atoms with Gasteiger partial charge < -0.3 is 20.1 Å². The Morgan fingerprint density at radius 1 is 1.76 bits per heavy atom. The molecule has 0 bridgehead atoms. The molecule has 1 aromatic rings. The first kappa shape index (κ1) is 12.3. The van der Waals surface area contributed by atoms with Crippen LogP contribution in [0.2, 0.25) is 0 Å². The topological polar surface area (TPSA) is 64.8 Å². The van der Waals surface area contributed by atoms with Crippen LogP contribution in [0, 0.1) is 0 Å². The molecule has 2 heterocycles. The van der Waals surface area contributed by atoms with E-state index in [2.05, 4.69) is 4.90 Å². The van der Waals surface area contributed by atoms with Gasteiger partial charge in [0.1, 0.15) is 17.6 Å². The number of hydrogen-bond donors (Lipinski definition) is 1. The Morgan fingerprint density at radius 2 is 2.59 bits per heavy atom. The molecule has 0 aliphatic carbocycles. The number of thiophene rings is 1. The Balaban J connectivity index is 1.82. The highest BCUT2D eigenvalue weighted by molar-refractivity contribution is 7.12. The van der Waals surface area contributed by atoms with E-state index in [1.54, 1.807) is 11.4 Å². The summed E-state index contributed by atoms with van der Waals surface area (Å²) in [4.78, 5) is 14.3. The minimum atomic E-state index is -0.366. The number of nitrogens with two attached hydrogens (primary N) is 1. The minimum absolute atomic E-state index is 0.0427. The third-order valence-corrected chi connectivity index (χ3v) is 3.53. The highest BCUT2D eigenvalue weighted by Gasteiger charge is 2.20. The molecule has 1 aliphatic rings. The van der Waals surface area contributed by atoms with E-state index in [0.29, 0.717) is 17.2 Å². The maximum Gasteiger partial charge on any atom is 0.350 e. The van der Waals surface area contributed by atoms with Crippen molar-refractivity contribution >= 4 is 23.0 Å². The number of nitrogen functional groups attached to an aromatic ring is 1. The lowest BCUT2D eigenvalue weighted by atomic mass is 10.3. The smallest absolute Gasteiger partial charge is 0.350 e. The van der Waals surface area contributed by atoms with Gasteiger partial charge in [0.05, 0.1) is 12.3 Å². The van der Waals surface area contributed by atoms with Crippen molar-refractivity contribution in [2.24, 2.45) is 0 Å². The van der Waals surface area contributed by atoms with Crippen molar-refractivity contribution in [3.63, 3.8) is 0 Å². The van der Waals surface area contributed by atoms with E-state index in [-0.39, 0.29) is 18.7 Å². The summed E-state index contributed by atoms with van der Waals surface area (Å²) < 4.78 is 10.7. The number of carbonyl (C=O) groups is 1. The number of ether oxygens (including phenoxy) is 2. The molecule has 94 valence electrons. The number of esters is 1. The van der Waals surface area contributed by atoms with Crippen molar-refractivity contribution in [1.29, 1.82) is 0 Å². The van der Waals surface area contributed by atoms with Crippen LogP contribution >= 0.6 is 11.3 Å². The van der Waals surface area contributed by atoms with Gasteiger partial charge in [0, 0.05) is 13.1 Å². The lowest BCUT2D eigenvalue weighted by molar-refractivity contribution is -0.0526. The first-order valence-corrected chi connectivity index (χ1v) is 6.35. The summed E-state index contributed by atoms with van der Waals surface area (Å²) >= 11 is 1.29. The third-order valence-electron chi connectivity index (χ3n) is 2.62. The largest absolute Gasteiger partial charge is 0.459 e. The molecule has 0 amide bonds. The lowest BCUT2D eigenvalue weighted by Crippen LogP contribution is -2.42. The predicted octanol–water partition coefficient (Wildman–Crippen LogP) is 0.818. The van der Waals surface area contributed by atoms with Gasteiger partial charge in [-0.2, -0.15) is 0 Å². The van der Waals surface area contributed by atoms with Crippen LogP contribution in [-0.2, 0) is 9.47 Å². The van der Waals surface area contributed by atoms with Crippen LogP contribution in [-0.4, -0.2) is 50.3 Å². The summed E-state index contributed by atoms with van der Waals surface area (Å²) in [7, 11) is 2.02. The molecule has 2 rings (SSSR count). The van der Waals surface area contributed by atoms with E-state index >= 15 is 0 Å². The van der Waals surface area contributed by atoms with Gasteiger partial charge in [-0.15, -0.1) is 11.3 Å². The lowest BCUT2D eigenvalue weighted by Gasteiger charge is -2.29. The molecule has 0 radical (unpaired) electrons. The second-order valence-electron chi connectivity index (χ2n) is 4.06. The number of anilines is 1. The summed E-state index contributed by atoms with van der Waals surface area (Å²) in [5, 5.41) is 1.77. The molecule has 6 heteroatoms. The third kappa shape index (κ3) is 3.18. The first-order chi connectivity index (χ1) is 8.16. The Hall–Kier alpha value is -1.11. The van der Waals surface area contributed by atoms with Crippen molar-refractivity contribution in [2.75, 3.05) is 39.1 Å². The van der Waals surface area contributed by atoms with Crippen molar-refractivity contribution < 1.29 is 14.3 Å². The molecule has 1 aromatic heterocycles. The van der Waals surface area contributed by atoms with Gasteiger partial charge in [0.2, 0.25) is 0 Å². The summed E-state index contributed by atoms with van der Waals surface area (Å²) in [5.41, 5.74) is 6.12. The van der Waals surface area contributed by atoms with E-state index in [4.69, 9.17) is 15.2 Å². The second kappa shape index (κ2) is 5.48. The molecule has 1 aliphatic heterocycles. The zero-order chi connectivity index (χ0) is 12.3. The van der Waals surface area contributed by atoms with Crippen molar-refractivity contribution in [2.45, 2.75) is 6.10 Å². The molecular formula is C11H16N2O3S. The maximum atomic E-state index is 11.7. The second-order valence-corrected chi connectivity index (χ2v) is 4.97. The van der Waals surface area contributed by atoms with Gasteiger partial charge in [0.25, 0.3) is 0 Å². The minimum Gasteiger partial charge on any atom is -0.459 e. The SMILES string of the molecule is CN1CCOC(COC(=O)c2sccc2N)C1. The fourth-order valence-electron chi connectivity index (χ4n) is 1.69. The van der Waals surface area contributed by atoms with Gasteiger partial charge in [-0.1, -0.05) is 0 Å². The van der Waals surface area contributed by atoms with E-state index in [0.717, 1.165) is 13.1 Å². The van der Waals surface area contributed by atoms with E-state index in [9.17, 15) is 4.79 Å². The molecule has 0 spiro atoms. The molecule has 1 fully saturated rings. The maximum absolute atomic E-state index is 11.7. The van der Waals surface area contributed by atoms with Crippen LogP contribution in [0.4, 0.5) is 5.69 Å². The molecule has 2 N–H and O–H groups in total. The molecule has 1 atom stereocenters. The van der Waals surface area contributed by atoms with Gasteiger partial charge in [-0.25, -0.2) is 4.79 Å².